The van der Waals surface area contributed by atoms with Gasteiger partial charge in [0.25, 0.3) is 0 Å². The molecule has 1 amide bonds. The monoisotopic (exact) mass is 690 g/mol. The van der Waals surface area contributed by atoms with E-state index in [1.807, 2.05) is 0 Å². The molecule has 0 aliphatic carbocycles. The Balaban J connectivity index is 2.59. The molecule has 9 atom stereocenters. The average molecular weight is 690 g/mol. The van der Waals surface area contributed by atoms with Gasteiger partial charge < -0.3 is 50.5 Å². The first-order chi connectivity index (χ1) is 23.2. The molecule has 1 fully saturated rings. The third-order valence-electron chi connectivity index (χ3n) is 9.32. The van der Waals surface area contributed by atoms with E-state index in [0.717, 1.165) is 38.5 Å². The molecule has 8 N–H and O–H groups in total. The number of unbranched alkanes of at least 4 members (excludes halogenated alkanes) is 16. The SMILES string of the molecule is CCCCCC/C=C/CCCC(O)C(O)C(COC1OC(CO)C(O)C(O)C1O)NC(=O)C(O)CCCCCCCCCCCCCC. The minimum atomic E-state index is -1.66. The number of aliphatic hydroxyl groups is 7. The summed E-state index contributed by atoms with van der Waals surface area (Å²) in [6.07, 6.45) is 14.3. The summed E-state index contributed by atoms with van der Waals surface area (Å²) in [4.78, 5) is 12.9. The number of carbonyl (C=O) groups is 1. The smallest absolute Gasteiger partial charge is 0.249 e. The van der Waals surface area contributed by atoms with Crippen LogP contribution in [0.2, 0.25) is 0 Å². The third-order valence-corrected chi connectivity index (χ3v) is 9.32. The summed E-state index contributed by atoms with van der Waals surface area (Å²) in [5, 5.41) is 75.0. The fourth-order valence-corrected chi connectivity index (χ4v) is 6.03. The highest BCUT2D eigenvalue weighted by Crippen LogP contribution is 2.23. The average Bonchev–Trinajstić information content (AvgIpc) is 3.08. The lowest BCUT2D eigenvalue weighted by Crippen LogP contribution is -2.60. The zero-order valence-corrected chi connectivity index (χ0v) is 30.0. The van der Waals surface area contributed by atoms with Gasteiger partial charge in [0.15, 0.2) is 6.29 Å². The molecular formula is C37H71NO10. The Hall–Kier alpha value is -1.15. The second-order valence-corrected chi connectivity index (χ2v) is 13.6. The second-order valence-electron chi connectivity index (χ2n) is 13.6. The van der Waals surface area contributed by atoms with Crippen LogP contribution in [0.4, 0.5) is 0 Å². The highest BCUT2D eigenvalue weighted by Gasteiger charge is 2.44. The van der Waals surface area contributed by atoms with E-state index in [1.54, 1.807) is 0 Å². The standard InChI is InChI=1S/C37H71NO10/c1-3-5-7-9-11-13-14-15-17-19-21-23-25-30(41)36(46)38-28(27-47-37-35(45)34(44)33(43)31(26-39)48-37)32(42)29(40)24-22-20-18-16-12-10-8-6-4-2/h16,18,28-35,37,39-45H,3-15,17,19-27H2,1-2H3,(H,38,46)/b18-16+. The van der Waals surface area contributed by atoms with Crippen LogP contribution >= 0.6 is 0 Å². The zero-order valence-electron chi connectivity index (χ0n) is 30.0. The lowest BCUT2D eigenvalue weighted by Gasteiger charge is -2.40. The Bertz CT molecular complexity index is 800. The summed E-state index contributed by atoms with van der Waals surface area (Å²) in [5.74, 6) is -0.710. The van der Waals surface area contributed by atoms with Gasteiger partial charge in [-0.05, 0) is 38.5 Å². The minimum absolute atomic E-state index is 0.257. The number of allylic oxidation sites excluding steroid dienone is 2. The zero-order chi connectivity index (χ0) is 35.6. The van der Waals surface area contributed by atoms with Crippen LogP contribution in [-0.4, -0.2) is 110 Å². The van der Waals surface area contributed by atoms with Gasteiger partial charge in [0.05, 0.1) is 25.4 Å². The van der Waals surface area contributed by atoms with Crippen LogP contribution in [-0.2, 0) is 14.3 Å². The summed E-state index contributed by atoms with van der Waals surface area (Å²) in [6, 6.07) is -1.18. The highest BCUT2D eigenvalue weighted by atomic mass is 16.7. The number of rotatable bonds is 30. The molecule has 0 aromatic rings. The Morgan fingerprint density at radius 2 is 1.23 bits per heavy atom. The Morgan fingerprint density at radius 3 is 1.79 bits per heavy atom. The number of hydrogen-bond acceptors (Lipinski definition) is 10. The van der Waals surface area contributed by atoms with Crippen molar-refractivity contribution in [3.63, 3.8) is 0 Å². The summed E-state index contributed by atoms with van der Waals surface area (Å²) in [7, 11) is 0. The normalized spacial score (nSPS) is 24.1. The van der Waals surface area contributed by atoms with Gasteiger partial charge in [0, 0.05) is 0 Å². The molecule has 9 unspecified atom stereocenters. The summed E-state index contributed by atoms with van der Waals surface area (Å²) in [5.41, 5.74) is 0. The first-order valence-electron chi connectivity index (χ1n) is 19.1. The molecule has 0 spiro atoms. The molecule has 11 nitrogen and oxygen atoms in total. The molecule has 48 heavy (non-hydrogen) atoms. The fourth-order valence-electron chi connectivity index (χ4n) is 6.03. The van der Waals surface area contributed by atoms with Gasteiger partial charge in [-0.1, -0.05) is 122 Å². The lowest BCUT2D eigenvalue weighted by atomic mass is 9.98. The molecule has 0 radical (unpaired) electrons. The maximum Gasteiger partial charge on any atom is 0.249 e. The molecule has 1 saturated heterocycles. The molecule has 0 aromatic heterocycles. The molecule has 284 valence electrons. The van der Waals surface area contributed by atoms with Crippen molar-refractivity contribution < 1.29 is 50.0 Å². The van der Waals surface area contributed by atoms with Crippen LogP contribution in [0.5, 0.6) is 0 Å². The maximum absolute atomic E-state index is 12.9. The van der Waals surface area contributed by atoms with E-state index in [2.05, 4.69) is 31.3 Å². The Morgan fingerprint density at radius 1 is 0.708 bits per heavy atom. The van der Waals surface area contributed by atoms with Gasteiger partial charge in [-0.25, -0.2) is 0 Å². The van der Waals surface area contributed by atoms with Crippen LogP contribution in [0.1, 0.15) is 149 Å². The van der Waals surface area contributed by atoms with E-state index in [1.165, 1.54) is 70.6 Å². The van der Waals surface area contributed by atoms with E-state index < -0.39 is 74.2 Å². The fraction of sp³-hybridized carbons (Fsp3) is 0.919. The van der Waals surface area contributed by atoms with Crippen LogP contribution in [0.3, 0.4) is 0 Å². The van der Waals surface area contributed by atoms with E-state index in [-0.39, 0.29) is 12.8 Å². The number of aliphatic hydroxyl groups excluding tert-OH is 7. The maximum atomic E-state index is 12.9. The largest absolute Gasteiger partial charge is 0.394 e. The number of amides is 1. The number of nitrogens with one attached hydrogen (secondary N) is 1. The first kappa shape index (κ1) is 44.9. The van der Waals surface area contributed by atoms with Crippen LogP contribution in [0.15, 0.2) is 12.2 Å². The minimum Gasteiger partial charge on any atom is -0.394 e. The Kier molecular flexibility index (Phi) is 26.7. The predicted molar refractivity (Wildman–Crippen MR) is 187 cm³/mol. The van der Waals surface area contributed by atoms with Gasteiger partial charge in [0.2, 0.25) is 5.91 Å². The van der Waals surface area contributed by atoms with E-state index in [4.69, 9.17) is 9.47 Å². The van der Waals surface area contributed by atoms with Crippen molar-refractivity contribution in [3.8, 4) is 0 Å². The molecule has 0 bridgehead atoms. The first-order valence-corrected chi connectivity index (χ1v) is 19.1. The van der Waals surface area contributed by atoms with Gasteiger partial charge in [-0.3, -0.25) is 4.79 Å². The topological polar surface area (TPSA) is 189 Å². The summed E-state index contributed by atoms with van der Waals surface area (Å²) < 4.78 is 11.0. The van der Waals surface area contributed by atoms with E-state index >= 15 is 0 Å². The molecule has 1 aliphatic rings. The van der Waals surface area contributed by atoms with Crippen molar-refractivity contribution in [2.24, 2.45) is 0 Å². The van der Waals surface area contributed by atoms with Crippen molar-refractivity contribution in [1.29, 1.82) is 0 Å². The highest BCUT2D eigenvalue weighted by molar-refractivity contribution is 5.80. The second kappa shape index (κ2) is 28.5. The van der Waals surface area contributed by atoms with Crippen molar-refractivity contribution >= 4 is 5.91 Å². The number of ether oxygens (including phenoxy) is 2. The van der Waals surface area contributed by atoms with E-state index in [9.17, 15) is 40.5 Å². The third kappa shape index (κ3) is 19.3. The molecule has 0 aromatic carbocycles. The molecule has 1 aliphatic heterocycles. The summed E-state index contributed by atoms with van der Waals surface area (Å²) in [6.45, 7) is 3.33. The van der Waals surface area contributed by atoms with Crippen molar-refractivity contribution in [3.05, 3.63) is 12.2 Å². The molecule has 11 heteroatoms. The van der Waals surface area contributed by atoms with Gasteiger partial charge in [0.1, 0.15) is 36.6 Å². The number of hydrogen-bond donors (Lipinski definition) is 8. The van der Waals surface area contributed by atoms with Gasteiger partial charge in [-0.2, -0.15) is 0 Å². The van der Waals surface area contributed by atoms with Gasteiger partial charge >= 0.3 is 0 Å². The van der Waals surface area contributed by atoms with Crippen LogP contribution in [0.25, 0.3) is 0 Å². The predicted octanol–water partition coefficient (Wildman–Crippen LogP) is 4.16. The molecular weight excluding hydrogens is 618 g/mol. The Labute approximate surface area is 290 Å². The van der Waals surface area contributed by atoms with Crippen molar-refractivity contribution in [1.82, 2.24) is 5.32 Å². The van der Waals surface area contributed by atoms with Crippen LogP contribution in [0, 0.1) is 0 Å². The quantitative estimate of drug-likeness (QED) is 0.0402. The van der Waals surface area contributed by atoms with Crippen molar-refractivity contribution in [2.45, 2.75) is 204 Å². The van der Waals surface area contributed by atoms with Gasteiger partial charge in [-0.15, -0.1) is 0 Å². The molecule has 0 saturated carbocycles. The molecule has 1 rings (SSSR count). The van der Waals surface area contributed by atoms with Crippen LogP contribution < -0.4 is 5.32 Å². The molecule has 1 heterocycles. The lowest BCUT2D eigenvalue weighted by molar-refractivity contribution is -0.303. The summed E-state index contributed by atoms with van der Waals surface area (Å²) >= 11 is 0. The van der Waals surface area contributed by atoms with E-state index in [0.29, 0.717) is 12.8 Å². The van der Waals surface area contributed by atoms with Crippen molar-refractivity contribution in [2.75, 3.05) is 13.2 Å². The number of carbonyl (C=O) groups excluding carboxylic acids is 1.